The first kappa shape index (κ1) is 30.8. The fourth-order valence-corrected chi connectivity index (χ4v) is 2.99. The summed E-state index contributed by atoms with van der Waals surface area (Å²) >= 11 is 0. The first-order chi connectivity index (χ1) is 16.2. The Hall–Kier alpha value is -3.18. The number of nitrogens with one attached hydrogen (secondary N) is 4. The Morgan fingerprint density at radius 2 is 0.647 bits per heavy atom. The lowest BCUT2D eigenvalue weighted by Crippen LogP contribution is -2.38. The Morgan fingerprint density at radius 3 is 0.941 bits per heavy atom. The van der Waals surface area contributed by atoms with E-state index < -0.39 is 36.8 Å². The maximum atomic E-state index is 11.6. The second-order valence-corrected chi connectivity index (χ2v) is 7.93. The number of aliphatic carboxylic acids is 2. The van der Waals surface area contributed by atoms with Gasteiger partial charge in [-0.3, -0.25) is 28.8 Å². The Morgan fingerprint density at radius 1 is 0.382 bits per heavy atom. The van der Waals surface area contributed by atoms with Crippen molar-refractivity contribution < 1.29 is 39.0 Å². The number of unbranched alkanes of at least 4 members (excludes halogenated alkanes) is 9. The number of hydrogen-bond donors (Lipinski definition) is 6. The van der Waals surface area contributed by atoms with Gasteiger partial charge < -0.3 is 31.5 Å². The second kappa shape index (κ2) is 20.4. The summed E-state index contributed by atoms with van der Waals surface area (Å²) in [6, 6.07) is 0. The predicted octanol–water partition coefficient (Wildman–Crippen LogP) is 0.302. The SMILES string of the molecule is O=C(O)CNC(=O)CNC(=O)CCCCCCCCCCCCC(=O)NCC(=O)NCC(=O)O. The standard InChI is InChI=1S/C22H38N4O8/c27-17(23-13-19(29)25-15-21(31)32)11-9-7-5-3-1-2-4-6-8-10-12-18(28)24-14-20(30)26-16-22(33)34/h1-16H2,(H,23,27)(H,24,28)(H,25,29)(H,26,30)(H,31,32)(H,33,34). The minimum absolute atomic E-state index is 0.220. The lowest BCUT2D eigenvalue weighted by Gasteiger charge is -2.06. The number of carbonyl (C=O) groups excluding carboxylic acids is 4. The highest BCUT2D eigenvalue weighted by atomic mass is 16.4. The van der Waals surface area contributed by atoms with Gasteiger partial charge in [0.25, 0.3) is 0 Å². The zero-order valence-electron chi connectivity index (χ0n) is 19.7. The maximum Gasteiger partial charge on any atom is 0.322 e. The zero-order chi connectivity index (χ0) is 25.6. The van der Waals surface area contributed by atoms with Crippen molar-refractivity contribution in [2.45, 2.75) is 77.0 Å². The molecule has 12 nitrogen and oxygen atoms in total. The molecular formula is C22H38N4O8. The Bertz CT molecular complexity index is 613. The number of hydrogen-bond acceptors (Lipinski definition) is 6. The Balaban J connectivity index is 3.41. The number of carboxylic acids is 2. The molecule has 6 N–H and O–H groups in total. The van der Waals surface area contributed by atoms with Gasteiger partial charge in [-0.15, -0.1) is 0 Å². The van der Waals surface area contributed by atoms with Crippen molar-refractivity contribution in [3.05, 3.63) is 0 Å². The van der Waals surface area contributed by atoms with Gasteiger partial charge >= 0.3 is 11.9 Å². The van der Waals surface area contributed by atoms with Crippen molar-refractivity contribution in [3.8, 4) is 0 Å². The maximum absolute atomic E-state index is 11.6. The lowest BCUT2D eigenvalue weighted by molar-refractivity contribution is -0.138. The molecule has 0 fully saturated rings. The van der Waals surface area contributed by atoms with E-state index in [4.69, 9.17) is 10.2 Å². The van der Waals surface area contributed by atoms with Gasteiger partial charge in [0.1, 0.15) is 13.1 Å². The fraction of sp³-hybridized carbons (Fsp3) is 0.727. The van der Waals surface area contributed by atoms with Crippen LogP contribution in [0.4, 0.5) is 0 Å². The Kier molecular flexibility index (Phi) is 18.5. The van der Waals surface area contributed by atoms with E-state index in [1.54, 1.807) is 0 Å². The van der Waals surface area contributed by atoms with E-state index in [9.17, 15) is 28.8 Å². The molecule has 0 aliphatic carbocycles. The van der Waals surface area contributed by atoms with Crippen LogP contribution in [-0.2, 0) is 28.8 Å². The van der Waals surface area contributed by atoms with Crippen LogP contribution in [0.25, 0.3) is 0 Å². The van der Waals surface area contributed by atoms with Crippen LogP contribution in [-0.4, -0.2) is 72.0 Å². The molecule has 0 aromatic heterocycles. The summed E-state index contributed by atoms with van der Waals surface area (Å²) in [5.74, 6) is -3.78. The van der Waals surface area contributed by atoms with E-state index in [1.165, 1.54) is 0 Å². The molecule has 0 aliphatic heterocycles. The largest absolute Gasteiger partial charge is 0.480 e. The molecule has 4 amide bonds. The summed E-state index contributed by atoms with van der Waals surface area (Å²) in [6.45, 7) is -1.37. The minimum atomic E-state index is -1.14. The molecular weight excluding hydrogens is 448 g/mol. The topological polar surface area (TPSA) is 191 Å². The summed E-state index contributed by atoms with van der Waals surface area (Å²) in [5, 5.41) is 26.2. The molecule has 0 bridgehead atoms. The van der Waals surface area contributed by atoms with E-state index in [1.807, 2.05) is 0 Å². The summed E-state index contributed by atoms with van der Waals surface area (Å²) < 4.78 is 0. The second-order valence-electron chi connectivity index (χ2n) is 7.93. The molecule has 0 aromatic rings. The average Bonchev–Trinajstić information content (AvgIpc) is 2.79. The fourth-order valence-electron chi connectivity index (χ4n) is 2.99. The number of carboxylic acid groups (broad SMARTS) is 2. The highest BCUT2D eigenvalue weighted by Crippen LogP contribution is 2.12. The number of rotatable bonds is 21. The normalized spacial score (nSPS) is 10.2. The zero-order valence-corrected chi connectivity index (χ0v) is 19.7. The molecule has 194 valence electrons. The van der Waals surface area contributed by atoms with Gasteiger partial charge in [0, 0.05) is 12.8 Å². The first-order valence-corrected chi connectivity index (χ1v) is 11.7. The smallest absolute Gasteiger partial charge is 0.322 e. The van der Waals surface area contributed by atoms with Crippen LogP contribution in [0, 0.1) is 0 Å². The van der Waals surface area contributed by atoms with E-state index >= 15 is 0 Å². The quantitative estimate of drug-likeness (QED) is 0.125. The summed E-state index contributed by atoms with van der Waals surface area (Å²) in [6.07, 6.45) is 10.5. The lowest BCUT2D eigenvalue weighted by atomic mass is 10.0. The summed E-state index contributed by atoms with van der Waals surface area (Å²) in [7, 11) is 0. The highest BCUT2D eigenvalue weighted by molar-refractivity contribution is 5.87. The van der Waals surface area contributed by atoms with Crippen molar-refractivity contribution in [2.75, 3.05) is 26.2 Å². The van der Waals surface area contributed by atoms with Gasteiger partial charge in [0.05, 0.1) is 13.1 Å². The molecule has 0 aliphatic rings. The van der Waals surface area contributed by atoms with Crippen LogP contribution in [0.3, 0.4) is 0 Å². The highest BCUT2D eigenvalue weighted by Gasteiger charge is 2.07. The third-order valence-corrected chi connectivity index (χ3v) is 4.82. The van der Waals surface area contributed by atoms with Gasteiger partial charge in [-0.1, -0.05) is 51.4 Å². The first-order valence-electron chi connectivity index (χ1n) is 11.7. The number of amides is 4. The van der Waals surface area contributed by atoms with Crippen molar-refractivity contribution in [1.82, 2.24) is 21.3 Å². The van der Waals surface area contributed by atoms with Gasteiger partial charge in [0.15, 0.2) is 0 Å². The van der Waals surface area contributed by atoms with Crippen LogP contribution in [0.5, 0.6) is 0 Å². The van der Waals surface area contributed by atoms with Crippen molar-refractivity contribution in [2.24, 2.45) is 0 Å². The molecule has 0 saturated heterocycles. The van der Waals surface area contributed by atoms with Gasteiger partial charge in [-0.2, -0.15) is 0 Å². The molecule has 12 heteroatoms. The van der Waals surface area contributed by atoms with Gasteiger partial charge in [0.2, 0.25) is 23.6 Å². The van der Waals surface area contributed by atoms with Crippen LogP contribution >= 0.6 is 0 Å². The average molecular weight is 487 g/mol. The van der Waals surface area contributed by atoms with Crippen molar-refractivity contribution in [3.63, 3.8) is 0 Å². The van der Waals surface area contributed by atoms with Crippen LogP contribution in [0.2, 0.25) is 0 Å². The number of carbonyl (C=O) groups is 6. The van der Waals surface area contributed by atoms with E-state index in [-0.39, 0.29) is 24.9 Å². The summed E-state index contributed by atoms with van der Waals surface area (Å²) in [5.41, 5.74) is 0. The third-order valence-electron chi connectivity index (χ3n) is 4.82. The van der Waals surface area contributed by atoms with E-state index in [0.29, 0.717) is 12.8 Å². The van der Waals surface area contributed by atoms with Gasteiger partial charge in [-0.25, -0.2) is 0 Å². The molecule has 0 radical (unpaired) electrons. The molecule has 0 heterocycles. The Labute approximate surface area is 199 Å². The van der Waals surface area contributed by atoms with E-state index in [2.05, 4.69) is 21.3 Å². The molecule has 0 saturated carbocycles. The molecule has 0 spiro atoms. The van der Waals surface area contributed by atoms with Crippen LogP contribution in [0.15, 0.2) is 0 Å². The molecule has 0 unspecified atom stereocenters. The van der Waals surface area contributed by atoms with Crippen LogP contribution < -0.4 is 21.3 Å². The molecule has 0 rings (SSSR count). The summed E-state index contributed by atoms with van der Waals surface area (Å²) in [4.78, 5) is 66.5. The minimum Gasteiger partial charge on any atom is -0.480 e. The van der Waals surface area contributed by atoms with E-state index in [0.717, 1.165) is 64.2 Å². The monoisotopic (exact) mass is 486 g/mol. The third kappa shape index (κ3) is 22.0. The van der Waals surface area contributed by atoms with Crippen molar-refractivity contribution in [1.29, 1.82) is 0 Å². The molecule has 0 aromatic carbocycles. The van der Waals surface area contributed by atoms with Gasteiger partial charge in [-0.05, 0) is 12.8 Å². The van der Waals surface area contributed by atoms with Crippen LogP contribution in [0.1, 0.15) is 77.0 Å². The molecule has 0 atom stereocenters. The predicted molar refractivity (Wildman–Crippen MR) is 123 cm³/mol. The van der Waals surface area contributed by atoms with Crippen molar-refractivity contribution >= 4 is 35.6 Å². The molecule has 34 heavy (non-hydrogen) atoms.